The Kier molecular flexibility index (Phi) is 5.71. The summed E-state index contributed by atoms with van der Waals surface area (Å²) >= 11 is 0. The van der Waals surface area contributed by atoms with Crippen LogP contribution in [0.25, 0.3) is 11.0 Å². The van der Waals surface area contributed by atoms with Crippen LogP contribution in [0.15, 0.2) is 51.7 Å². The number of aryl methyl sites for hydroxylation is 1. The van der Waals surface area contributed by atoms with Crippen molar-refractivity contribution in [3.63, 3.8) is 0 Å². The molecule has 2 aromatic carbocycles. The molecular formula is C26H30N2O3. The minimum atomic E-state index is -0.424. The topological polar surface area (TPSA) is 53.8 Å². The largest absolute Gasteiger partial charge is 0.450 e. The van der Waals surface area contributed by atoms with E-state index in [0.29, 0.717) is 29.0 Å². The first-order chi connectivity index (χ1) is 14.8. The SMILES string of the molecule is Cc1ccc2oc3c(c(=O)c2c1)[C@@H](c1ccc(C(C)C)cc1)N(CCCN(C)C)C3=O. The Bertz CT molecular complexity index is 1180. The lowest BCUT2D eigenvalue weighted by molar-refractivity contribution is 0.0722. The van der Waals surface area contributed by atoms with E-state index in [1.54, 1.807) is 11.0 Å². The smallest absolute Gasteiger partial charge is 0.290 e. The summed E-state index contributed by atoms with van der Waals surface area (Å²) in [5, 5.41) is 0.533. The van der Waals surface area contributed by atoms with Gasteiger partial charge in [0.15, 0.2) is 5.43 Å². The van der Waals surface area contributed by atoms with E-state index in [2.05, 4.69) is 30.9 Å². The highest BCUT2D eigenvalue weighted by molar-refractivity contribution is 5.99. The molecule has 5 heteroatoms. The number of hydrogen-bond acceptors (Lipinski definition) is 4. The van der Waals surface area contributed by atoms with Crippen LogP contribution in [0.2, 0.25) is 0 Å². The van der Waals surface area contributed by atoms with Crippen LogP contribution in [0.5, 0.6) is 0 Å². The Hall–Kier alpha value is -2.92. The van der Waals surface area contributed by atoms with E-state index in [1.807, 2.05) is 45.3 Å². The molecule has 1 amide bonds. The maximum absolute atomic E-state index is 13.6. The standard InChI is InChI=1S/C26H30N2O3/c1-16(2)18-8-10-19(11-9-18)23-22-24(29)20-15-17(3)7-12-21(20)31-25(22)26(30)28(23)14-6-13-27(4)5/h7-12,15-16,23H,6,13-14H2,1-5H3/t23-/m1/s1. The molecule has 1 aromatic heterocycles. The Labute approximate surface area is 183 Å². The number of hydrogen-bond donors (Lipinski definition) is 0. The molecule has 3 aromatic rings. The van der Waals surface area contributed by atoms with Gasteiger partial charge in [-0.15, -0.1) is 0 Å². The first-order valence-electron chi connectivity index (χ1n) is 10.9. The van der Waals surface area contributed by atoms with E-state index in [-0.39, 0.29) is 17.1 Å². The summed E-state index contributed by atoms with van der Waals surface area (Å²) in [6, 6.07) is 13.4. The number of benzene rings is 2. The van der Waals surface area contributed by atoms with E-state index in [4.69, 9.17) is 4.42 Å². The second-order valence-electron chi connectivity index (χ2n) is 9.05. The summed E-state index contributed by atoms with van der Waals surface area (Å²) in [7, 11) is 4.03. The third-order valence-electron chi connectivity index (χ3n) is 6.04. The molecule has 0 fully saturated rings. The van der Waals surface area contributed by atoms with Crippen molar-refractivity contribution in [3.05, 3.63) is 80.7 Å². The fraction of sp³-hybridized carbons (Fsp3) is 0.385. The van der Waals surface area contributed by atoms with Gasteiger partial charge < -0.3 is 14.2 Å². The van der Waals surface area contributed by atoms with E-state index in [1.165, 1.54) is 5.56 Å². The monoisotopic (exact) mass is 418 g/mol. The molecule has 1 atom stereocenters. The van der Waals surface area contributed by atoms with Crippen LogP contribution in [-0.4, -0.2) is 42.9 Å². The van der Waals surface area contributed by atoms with Crippen LogP contribution >= 0.6 is 0 Å². The molecule has 0 unspecified atom stereocenters. The summed E-state index contributed by atoms with van der Waals surface area (Å²) in [5.41, 5.74) is 3.98. The maximum atomic E-state index is 13.6. The van der Waals surface area contributed by atoms with Gasteiger partial charge in [-0.05, 0) is 63.2 Å². The molecule has 1 aliphatic rings. The van der Waals surface area contributed by atoms with Crippen molar-refractivity contribution in [2.45, 2.75) is 39.2 Å². The summed E-state index contributed by atoms with van der Waals surface area (Å²) in [5.74, 6) is 0.398. The minimum Gasteiger partial charge on any atom is -0.450 e. The van der Waals surface area contributed by atoms with Gasteiger partial charge in [0.2, 0.25) is 5.76 Å². The zero-order valence-electron chi connectivity index (χ0n) is 18.9. The van der Waals surface area contributed by atoms with Crippen molar-refractivity contribution in [2.24, 2.45) is 0 Å². The predicted octanol–water partition coefficient (Wildman–Crippen LogP) is 4.72. The molecule has 0 radical (unpaired) electrons. The van der Waals surface area contributed by atoms with Crippen LogP contribution in [0.4, 0.5) is 0 Å². The highest BCUT2D eigenvalue weighted by Gasteiger charge is 2.42. The van der Waals surface area contributed by atoms with E-state index >= 15 is 0 Å². The quantitative estimate of drug-likeness (QED) is 0.581. The minimum absolute atomic E-state index is 0.110. The zero-order chi connectivity index (χ0) is 22.3. The fourth-order valence-electron chi connectivity index (χ4n) is 4.33. The molecule has 0 bridgehead atoms. The third kappa shape index (κ3) is 3.90. The molecule has 0 saturated carbocycles. The number of nitrogens with zero attached hydrogens (tertiary/aromatic N) is 2. The maximum Gasteiger partial charge on any atom is 0.290 e. The van der Waals surface area contributed by atoms with Crippen molar-refractivity contribution >= 4 is 16.9 Å². The summed E-state index contributed by atoms with van der Waals surface area (Å²) in [6.07, 6.45) is 0.820. The van der Waals surface area contributed by atoms with E-state index in [9.17, 15) is 9.59 Å². The van der Waals surface area contributed by atoms with Gasteiger partial charge >= 0.3 is 0 Å². The highest BCUT2D eigenvalue weighted by atomic mass is 16.3. The van der Waals surface area contributed by atoms with E-state index in [0.717, 1.165) is 24.1 Å². The average Bonchev–Trinajstić information content (AvgIpc) is 3.01. The van der Waals surface area contributed by atoms with Gasteiger partial charge in [-0.25, -0.2) is 0 Å². The number of carbonyl (C=O) groups is 1. The van der Waals surface area contributed by atoms with Gasteiger partial charge in [-0.3, -0.25) is 9.59 Å². The zero-order valence-corrected chi connectivity index (χ0v) is 18.9. The van der Waals surface area contributed by atoms with Crippen LogP contribution in [0.1, 0.15) is 65.0 Å². The molecule has 1 aliphatic heterocycles. The lowest BCUT2D eigenvalue weighted by atomic mass is 9.95. The Morgan fingerprint density at radius 3 is 2.42 bits per heavy atom. The number of rotatable bonds is 6. The second kappa shape index (κ2) is 8.31. The van der Waals surface area contributed by atoms with Crippen molar-refractivity contribution in [3.8, 4) is 0 Å². The Morgan fingerprint density at radius 2 is 1.77 bits per heavy atom. The first-order valence-corrected chi connectivity index (χ1v) is 10.9. The molecule has 162 valence electrons. The summed E-state index contributed by atoms with van der Waals surface area (Å²) < 4.78 is 6.02. The molecule has 0 spiro atoms. The molecule has 0 aliphatic carbocycles. The fourth-order valence-corrected chi connectivity index (χ4v) is 4.33. The highest BCUT2D eigenvalue weighted by Crippen LogP contribution is 2.38. The van der Waals surface area contributed by atoms with Crippen molar-refractivity contribution in [2.75, 3.05) is 27.2 Å². The van der Waals surface area contributed by atoms with E-state index < -0.39 is 6.04 Å². The molecule has 31 heavy (non-hydrogen) atoms. The van der Waals surface area contributed by atoms with Gasteiger partial charge in [0, 0.05) is 6.54 Å². The van der Waals surface area contributed by atoms with Gasteiger partial charge in [0.25, 0.3) is 5.91 Å². The lowest BCUT2D eigenvalue weighted by Gasteiger charge is -2.26. The van der Waals surface area contributed by atoms with Crippen LogP contribution in [-0.2, 0) is 0 Å². The van der Waals surface area contributed by atoms with Crippen molar-refractivity contribution < 1.29 is 9.21 Å². The number of carbonyl (C=O) groups excluding carboxylic acids is 1. The Morgan fingerprint density at radius 1 is 1.06 bits per heavy atom. The summed E-state index contributed by atoms with van der Waals surface area (Å²) in [6.45, 7) is 7.68. The molecule has 5 nitrogen and oxygen atoms in total. The molecule has 0 N–H and O–H groups in total. The van der Waals surface area contributed by atoms with Crippen LogP contribution < -0.4 is 5.43 Å². The van der Waals surface area contributed by atoms with Crippen LogP contribution in [0.3, 0.4) is 0 Å². The van der Waals surface area contributed by atoms with Crippen LogP contribution in [0, 0.1) is 6.92 Å². The average molecular weight is 419 g/mol. The molecule has 4 rings (SSSR count). The number of amides is 1. The lowest BCUT2D eigenvalue weighted by Crippen LogP contribution is -2.32. The molecular weight excluding hydrogens is 388 g/mol. The van der Waals surface area contributed by atoms with Crippen molar-refractivity contribution in [1.29, 1.82) is 0 Å². The van der Waals surface area contributed by atoms with Gasteiger partial charge in [-0.1, -0.05) is 49.7 Å². The molecule has 2 heterocycles. The summed E-state index contributed by atoms with van der Waals surface area (Å²) in [4.78, 5) is 30.8. The van der Waals surface area contributed by atoms with Gasteiger partial charge in [0.1, 0.15) is 5.58 Å². The third-order valence-corrected chi connectivity index (χ3v) is 6.04. The van der Waals surface area contributed by atoms with Gasteiger partial charge in [-0.2, -0.15) is 0 Å². The first kappa shape index (κ1) is 21.3. The number of fused-ring (bicyclic) bond motifs is 2. The van der Waals surface area contributed by atoms with Crippen molar-refractivity contribution in [1.82, 2.24) is 9.80 Å². The predicted molar refractivity (Wildman–Crippen MR) is 124 cm³/mol. The normalized spacial score (nSPS) is 16.0. The molecule has 0 saturated heterocycles. The van der Waals surface area contributed by atoms with Gasteiger partial charge in [0.05, 0.1) is 17.0 Å². The second-order valence-corrected chi connectivity index (χ2v) is 9.05. The Balaban J connectivity index is 1.86.